The first-order valence-electron chi connectivity index (χ1n) is 13.9. The summed E-state index contributed by atoms with van der Waals surface area (Å²) in [4.78, 5) is 25.5. The lowest BCUT2D eigenvalue weighted by molar-refractivity contribution is -0.120. The van der Waals surface area contributed by atoms with E-state index in [1.807, 2.05) is 30.5 Å². The van der Waals surface area contributed by atoms with Gasteiger partial charge in [0, 0.05) is 29.4 Å². The molecule has 4 aromatic rings. The van der Waals surface area contributed by atoms with Gasteiger partial charge in [-0.25, -0.2) is 13.1 Å². The van der Waals surface area contributed by atoms with Crippen LogP contribution >= 0.6 is 0 Å². The molecule has 2 amide bonds. The van der Waals surface area contributed by atoms with Crippen LogP contribution in [0, 0.1) is 12.8 Å². The summed E-state index contributed by atoms with van der Waals surface area (Å²) < 4.78 is 35.4. The lowest BCUT2D eigenvalue weighted by Gasteiger charge is -2.14. The Morgan fingerprint density at radius 1 is 1.00 bits per heavy atom. The summed E-state index contributed by atoms with van der Waals surface area (Å²) in [7, 11) is -2.51. The third-order valence-corrected chi connectivity index (χ3v) is 9.26. The predicted octanol–water partition coefficient (Wildman–Crippen LogP) is 4.97. The lowest BCUT2D eigenvalue weighted by Crippen LogP contribution is -2.31. The number of carbonyl (C=O) groups is 2. The molecule has 0 unspecified atom stereocenters. The fourth-order valence-electron chi connectivity index (χ4n) is 5.49. The van der Waals surface area contributed by atoms with Gasteiger partial charge in [0.2, 0.25) is 5.91 Å². The maximum absolute atomic E-state index is 12.9. The molecular weight excluding hydrogens is 538 g/mol. The number of aryl methyl sites for hydroxylation is 1. The van der Waals surface area contributed by atoms with E-state index in [0.717, 1.165) is 28.6 Å². The summed E-state index contributed by atoms with van der Waals surface area (Å²) in [5, 5.41) is 4.14. The van der Waals surface area contributed by atoms with Gasteiger partial charge >= 0.3 is 0 Å². The summed E-state index contributed by atoms with van der Waals surface area (Å²) in [5.41, 5.74) is 3.47. The quantitative estimate of drug-likeness (QED) is 0.279. The van der Waals surface area contributed by atoms with Gasteiger partial charge in [-0.1, -0.05) is 49.2 Å². The van der Waals surface area contributed by atoms with Crippen molar-refractivity contribution in [3.8, 4) is 5.75 Å². The number of carbonyl (C=O) groups excluding carboxylic acids is 2. The highest BCUT2D eigenvalue weighted by Crippen LogP contribution is 2.26. The second-order valence-corrected chi connectivity index (χ2v) is 12.3. The van der Waals surface area contributed by atoms with E-state index >= 15 is 0 Å². The van der Waals surface area contributed by atoms with Crippen molar-refractivity contribution < 1.29 is 22.7 Å². The van der Waals surface area contributed by atoms with Crippen molar-refractivity contribution in [1.29, 1.82) is 0 Å². The Morgan fingerprint density at radius 2 is 1.78 bits per heavy atom. The van der Waals surface area contributed by atoms with Crippen LogP contribution in [0.4, 0.5) is 0 Å². The van der Waals surface area contributed by atoms with Crippen molar-refractivity contribution in [3.05, 3.63) is 95.2 Å². The van der Waals surface area contributed by atoms with E-state index in [1.54, 1.807) is 43.3 Å². The number of hydrogen-bond acceptors (Lipinski definition) is 5. The van der Waals surface area contributed by atoms with Crippen LogP contribution in [0.2, 0.25) is 0 Å². The minimum absolute atomic E-state index is 0.0364. The normalized spacial score (nSPS) is 13.8. The fraction of sp³-hybridized carbons (Fsp3) is 0.312. The monoisotopic (exact) mass is 573 g/mol. The van der Waals surface area contributed by atoms with Crippen LogP contribution in [0.5, 0.6) is 5.75 Å². The van der Waals surface area contributed by atoms with E-state index in [-0.39, 0.29) is 16.4 Å². The topological polar surface area (TPSA) is 106 Å². The zero-order chi connectivity index (χ0) is 29.0. The highest BCUT2D eigenvalue weighted by molar-refractivity contribution is 7.90. The van der Waals surface area contributed by atoms with Crippen molar-refractivity contribution in [2.75, 3.05) is 13.7 Å². The van der Waals surface area contributed by atoms with Gasteiger partial charge in [-0.05, 0) is 72.5 Å². The number of nitrogens with zero attached hydrogens (tertiary/aromatic N) is 1. The van der Waals surface area contributed by atoms with Crippen LogP contribution in [0.3, 0.4) is 0 Å². The average Bonchev–Trinajstić information content (AvgIpc) is 3.62. The number of aromatic nitrogens is 1. The van der Waals surface area contributed by atoms with Crippen LogP contribution in [0.15, 0.2) is 77.8 Å². The Kier molecular flexibility index (Phi) is 8.44. The molecule has 1 fully saturated rings. The summed E-state index contributed by atoms with van der Waals surface area (Å²) in [5.74, 6) is 0.369. The zero-order valence-electron chi connectivity index (χ0n) is 23.4. The van der Waals surface area contributed by atoms with Crippen molar-refractivity contribution >= 4 is 32.7 Å². The Morgan fingerprint density at radius 3 is 2.54 bits per heavy atom. The van der Waals surface area contributed by atoms with Gasteiger partial charge in [0.15, 0.2) is 0 Å². The van der Waals surface area contributed by atoms with Gasteiger partial charge in [-0.2, -0.15) is 0 Å². The minimum atomic E-state index is -4.03. The highest BCUT2D eigenvalue weighted by Gasteiger charge is 2.21. The third kappa shape index (κ3) is 6.62. The second kappa shape index (κ2) is 12.2. The number of benzene rings is 3. The SMILES string of the molecule is COc1cc(C(=O)NS(=O)(=O)c2ccccc2C)ccc1Cn1ccc2ccc(CC(=O)NCC3CCCC3)cc21. The van der Waals surface area contributed by atoms with Crippen molar-refractivity contribution in [1.82, 2.24) is 14.6 Å². The number of amides is 2. The number of fused-ring (bicyclic) bond motifs is 1. The number of ether oxygens (including phenoxy) is 1. The predicted molar refractivity (Wildman–Crippen MR) is 159 cm³/mol. The average molecular weight is 574 g/mol. The van der Waals surface area contributed by atoms with E-state index < -0.39 is 15.9 Å². The highest BCUT2D eigenvalue weighted by atomic mass is 32.2. The Bertz CT molecular complexity index is 1690. The van der Waals surface area contributed by atoms with Crippen LogP contribution in [0.25, 0.3) is 10.9 Å². The minimum Gasteiger partial charge on any atom is -0.496 e. The summed E-state index contributed by atoms with van der Waals surface area (Å²) in [6.07, 6.45) is 7.20. The molecule has 0 saturated heterocycles. The van der Waals surface area contributed by atoms with E-state index in [4.69, 9.17) is 4.74 Å². The van der Waals surface area contributed by atoms with Crippen LogP contribution in [-0.2, 0) is 27.8 Å². The first-order chi connectivity index (χ1) is 19.7. The third-order valence-electron chi connectivity index (χ3n) is 7.77. The molecule has 0 bridgehead atoms. The van der Waals surface area contributed by atoms with Crippen molar-refractivity contribution in [2.45, 2.75) is 50.5 Å². The van der Waals surface area contributed by atoms with Gasteiger partial charge in [-0.15, -0.1) is 0 Å². The summed E-state index contributed by atoms with van der Waals surface area (Å²) in [6, 6.07) is 19.5. The molecule has 9 heteroatoms. The van der Waals surface area contributed by atoms with Gasteiger partial charge < -0.3 is 14.6 Å². The molecule has 0 spiro atoms. The van der Waals surface area contributed by atoms with Crippen LogP contribution in [0.1, 0.15) is 52.7 Å². The fourth-order valence-corrected chi connectivity index (χ4v) is 6.71. The van der Waals surface area contributed by atoms with Gasteiger partial charge in [0.25, 0.3) is 15.9 Å². The summed E-state index contributed by atoms with van der Waals surface area (Å²) >= 11 is 0. The molecule has 214 valence electrons. The van der Waals surface area contributed by atoms with Crippen molar-refractivity contribution in [3.63, 3.8) is 0 Å². The number of sulfonamides is 1. The molecule has 1 aromatic heterocycles. The van der Waals surface area contributed by atoms with Gasteiger partial charge in [0.1, 0.15) is 5.75 Å². The number of hydrogen-bond donors (Lipinski definition) is 2. The Hall–Kier alpha value is -4.11. The molecule has 0 atom stereocenters. The maximum Gasteiger partial charge on any atom is 0.265 e. The first kappa shape index (κ1) is 28.4. The molecule has 5 rings (SSSR count). The molecule has 8 nitrogen and oxygen atoms in total. The largest absolute Gasteiger partial charge is 0.496 e. The molecule has 1 aliphatic carbocycles. The molecule has 3 aromatic carbocycles. The molecule has 2 N–H and O–H groups in total. The van der Waals surface area contributed by atoms with E-state index in [1.165, 1.54) is 38.9 Å². The molecule has 1 aliphatic rings. The van der Waals surface area contributed by atoms with Crippen molar-refractivity contribution in [2.24, 2.45) is 5.92 Å². The van der Waals surface area contributed by atoms with Crippen LogP contribution in [-0.4, -0.2) is 38.5 Å². The number of nitrogens with one attached hydrogen (secondary N) is 2. The van der Waals surface area contributed by atoms with E-state index in [9.17, 15) is 18.0 Å². The standard InChI is InChI=1S/C32H35N3O5S/c1-22-7-3-6-10-30(22)41(38,39)34-32(37)26-13-14-27(29(19-26)40-2)21-35-16-15-25-12-11-24(17-28(25)35)18-31(36)33-20-23-8-4-5-9-23/h3,6-7,10-17,19,23H,4-5,8-9,18,20-21H2,1-2H3,(H,33,36)(H,34,37). The molecule has 41 heavy (non-hydrogen) atoms. The summed E-state index contributed by atoms with van der Waals surface area (Å²) in [6.45, 7) is 2.90. The molecule has 0 radical (unpaired) electrons. The number of rotatable bonds is 10. The van der Waals surface area contributed by atoms with E-state index in [0.29, 0.717) is 30.2 Å². The number of methoxy groups -OCH3 is 1. The first-order valence-corrected chi connectivity index (χ1v) is 15.4. The smallest absolute Gasteiger partial charge is 0.265 e. The Labute approximate surface area is 240 Å². The van der Waals surface area contributed by atoms with Gasteiger partial charge in [0.05, 0.1) is 25.0 Å². The maximum atomic E-state index is 12.9. The molecule has 1 heterocycles. The lowest BCUT2D eigenvalue weighted by atomic mass is 10.1. The van der Waals surface area contributed by atoms with E-state index in [2.05, 4.69) is 14.6 Å². The Balaban J connectivity index is 1.30. The molecule has 1 saturated carbocycles. The zero-order valence-corrected chi connectivity index (χ0v) is 24.2. The molecule has 0 aliphatic heterocycles. The second-order valence-electron chi connectivity index (χ2n) is 10.7. The van der Waals surface area contributed by atoms with Gasteiger partial charge in [-0.3, -0.25) is 9.59 Å². The molecular formula is C32H35N3O5S. The van der Waals surface area contributed by atoms with Crippen LogP contribution < -0.4 is 14.8 Å².